The predicted octanol–water partition coefficient (Wildman–Crippen LogP) is 1.44. The van der Waals surface area contributed by atoms with E-state index in [2.05, 4.69) is 10.2 Å². The Labute approximate surface area is 120 Å². The van der Waals surface area contributed by atoms with Crippen molar-refractivity contribution in [1.82, 2.24) is 0 Å². The first kappa shape index (κ1) is 14.8. The molecule has 0 radical (unpaired) electrons. The molecule has 110 valence electrons. The van der Waals surface area contributed by atoms with Crippen molar-refractivity contribution >= 4 is 17.3 Å². The number of carbonyl (C=O) groups is 1. The highest BCUT2D eigenvalue weighted by Gasteiger charge is 2.20. The minimum Gasteiger partial charge on any atom is -0.378 e. The standard InChI is InChI=1S/C15H23N3O2/c1-11(2)14(16)15(19)17-12-5-3-4-6-13(12)18-7-9-20-10-8-18/h3-6,11,14H,7-10,16H2,1-2H3,(H,17,19)/t14-/m1/s1. The zero-order valence-corrected chi connectivity index (χ0v) is 12.1. The second kappa shape index (κ2) is 6.72. The van der Waals surface area contributed by atoms with E-state index < -0.39 is 6.04 Å². The Morgan fingerprint density at radius 1 is 1.30 bits per heavy atom. The Morgan fingerprint density at radius 3 is 2.60 bits per heavy atom. The van der Waals surface area contributed by atoms with Gasteiger partial charge in [-0.25, -0.2) is 0 Å². The van der Waals surface area contributed by atoms with Crippen LogP contribution < -0.4 is 16.0 Å². The molecule has 1 atom stereocenters. The van der Waals surface area contributed by atoms with Gasteiger partial charge in [-0.1, -0.05) is 26.0 Å². The molecule has 2 rings (SSSR count). The SMILES string of the molecule is CC(C)[C@@H](N)C(=O)Nc1ccccc1N1CCOCC1. The number of para-hydroxylation sites is 2. The third-order valence-electron chi connectivity index (χ3n) is 3.53. The summed E-state index contributed by atoms with van der Waals surface area (Å²) < 4.78 is 5.36. The van der Waals surface area contributed by atoms with Crippen molar-refractivity contribution in [3.8, 4) is 0 Å². The van der Waals surface area contributed by atoms with Crippen LogP contribution in [0.2, 0.25) is 0 Å². The third kappa shape index (κ3) is 3.49. The number of amides is 1. The van der Waals surface area contributed by atoms with Crippen LogP contribution in [0.3, 0.4) is 0 Å². The largest absolute Gasteiger partial charge is 0.378 e. The van der Waals surface area contributed by atoms with Gasteiger partial charge in [0.15, 0.2) is 0 Å². The van der Waals surface area contributed by atoms with Crippen molar-refractivity contribution < 1.29 is 9.53 Å². The number of benzene rings is 1. The fraction of sp³-hybridized carbons (Fsp3) is 0.533. The van der Waals surface area contributed by atoms with Crippen molar-refractivity contribution in [1.29, 1.82) is 0 Å². The maximum Gasteiger partial charge on any atom is 0.241 e. The van der Waals surface area contributed by atoms with Gasteiger partial charge in [0.05, 0.1) is 30.6 Å². The van der Waals surface area contributed by atoms with Crippen LogP contribution in [0.15, 0.2) is 24.3 Å². The number of hydrogen-bond donors (Lipinski definition) is 2. The second-order valence-corrected chi connectivity index (χ2v) is 5.38. The molecule has 1 aromatic rings. The van der Waals surface area contributed by atoms with Crippen LogP contribution in [0.1, 0.15) is 13.8 Å². The van der Waals surface area contributed by atoms with E-state index in [4.69, 9.17) is 10.5 Å². The van der Waals surface area contributed by atoms with Crippen molar-refractivity contribution in [2.75, 3.05) is 36.5 Å². The van der Waals surface area contributed by atoms with E-state index in [1.165, 1.54) is 0 Å². The highest BCUT2D eigenvalue weighted by molar-refractivity contribution is 5.97. The smallest absolute Gasteiger partial charge is 0.241 e. The van der Waals surface area contributed by atoms with Crippen LogP contribution >= 0.6 is 0 Å². The summed E-state index contributed by atoms with van der Waals surface area (Å²) in [5.74, 6) is -0.0220. The molecule has 5 nitrogen and oxygen atoms in total. The molecule has 20 heavy (non-hydrogen) atoms. The number of nitrogens with zero attached hydrogens (tertiary/aromatic N) is 1. The fourth-order valence-corrected chi connectivity index (χ4v) is 2.18. The van der Waals surface area contributed by atoms with Crippen LogP contribution in [-0.4, -0.2) is 38.3 Å². The molecule has 3 N–H and O–H groups in total. The monoisotopic (exact) mass is 277 g/mol. The molecule has 1 aromatic carbocycles. The molecule has 1 aliphatic heterocycles. The first-order chi connectivity index (χ1) is 9.59. The molecule has 0 aliphatic carbocycles. The van der Waals surface area contributed by atoms with Gasteiger partial charge in [-0.2, -0.15) is 0 Å². The lowest BCUT2D eigenvalue weighted by Crippen LogP contribution is -2.41. The predicted molar refractivity (Wildman–Crippen MR) is 80.9 cm³/mol. The van der Waals surface area contributed by atoms with Gasteiger partial charge >= 0.3 is 0 Å². The van der Waals surface area contributed by atoms with E-state index in [1.54, 1.807) is 0 Å². The molecule has 1 fully saturated rings. The summed E-state index contributed by atoms with van der Waals surface area (Å²) in [4.78, 5) is 14.3. The Morgan fingerprint density at radius 2 is 1.95 bits per heavy atom. The van der Waals surface area contributed by atoms with Crippen LogP contribution in [0.5, 0.6) is 0 Å². The van der Waals surface area contributed by atoms with Crippen LogP contribution in [0.4, 0.5) is 11.4 Å². The van der Waals surface area contributed by atoms with E-state index in [-0.39, 0.29) is 11.8 Å². The summed E-state index contributed by atoms with van der Waals surface area (Å²) in [7, 11) is 0. The minimum atomic E-state index is -0.493. The van der Waals surface area contributed by atoms with Gasteiger partial charge in [0.25, 0.3) is 0 Å². The molecule has 0 bridgehead atoms. The Kier molecular flexibility index (Phi) is 4.98. The summed E-state index contributed by atoms with van der Waals surface area (Å²) in [5, 5.41) is 2.94. The highest BCUT2D eigenvalue weighted by atomic mass is 16.5. The fourth-order valence-electron chi connectivity index (χ4n) is 2.18. The van der Waals surface area contributed by atoms with Crippen molar-refractivity contribution in [2.24, 2.45) is 11.7 Å². The van der Waals surface area contributed by atoms with E-state index in [0.29, 0.717) is 13.2 Å². The molecule has 1 saturated heterocycles. The zero-order chi connectivity index (χ0) is 14.5. The normalized spacial score (nSPS) is 17.1. The van der Waals surface area contributed by atoms with Crippen molar-refractivity contribution in [2.45, 2.75) is 19.9 Å². The molecule has 1 amide bonds. The molecule has 1 aliphatic rings. The Hall–Kier alpha value is -1.59. The van der Waals surface area contributed by atoms with E-state index in [9.17, 15) is 4.79 Å². The summed E-state index contributed by atoms with van der Waals surface area (Å²) in [6, 6.07) is 7.33. The number of carbonyl (C=O) groups excluding carboxylic acids is 1. The van der Waals surface area contributed by atoms with Crippen molar-refractivity contribution in [3.63, 3.8) is 0 Å². The summed E-state index contributed by atoms with van der Waals surface area (Å²) in [6.45, 7) is 6.99. The molecule has 1 heterocycles. The number of hydrogen-bond acceptors (Lipinski definition) is 4. The lowest BCUT2D eigenvalue weighted by molar-refractivity contribution is -0.118. The molecule has 5 heteroatoms. The first-order valence-electron chi connectivity index (χ1n) is 7.07. The lowest BCUT2D eigenvalue weighted by Gasteiger charge is -2.30. The average molecular weight is 277 g/mol. The number of nitrogens with one attached hydrogen (secondary N) is 1. The Bertz CT molecular complexity index is 456. The number of nitrogens with two attached hydrogens (primary N) is 1. The van der Waals surface area contributed by atoms with Gasteiger partial charge in [0.2, 0.25) is 5.91 Å². The number of rotatable bonds is 4. The topological polar surface area (TPSA) is 67.6 Å². The maximum atomic E-state index is 12.1. The molecule has 0 unspecified atom stereocenters. The molecule has 0 spiro atoms. The van der Waals surface area contributed by atoms with Gasteiger partial charge in [0.1, 0.15) is 0 Å². The first-order valence-corrected chi connectivity index (χ1v) is 7.07. The van der Waals surface area contributed by atoms with E-state index in [1.807, 2.05) is 38.1 Å². The maximum absolute atomic E-state index is 12.1. The van der Waals surface area contributed by atoms with Crippen molar-refractivity contribution in [3.05, 3.63) is 24.3 Å². The van der Waals surface area contributed by atoms with Gasteiger partial charge in [-0.15, -0.1) is 0 Å². The summed E-state index contributed by atoms with van der Waals surface area (Å²) >= 11 is 0. The third-order valence-corrected chi connectivity index (χ3v) is 3.53. The van der Waals surface area contributed by atoms with Gasteiger partial charge in [-0.05, 0) is 18.1 Å². The highest BCUT2D eigenvalue weighted by Crippen LogP contribution is 2.26. The molecular weight excluding hydrogens is 254 g/mol. The quantitative estimate of drug-likeness (QED) is 0.874. The van der Waals surface area contributed by atoms with Crippen LogP contribution in [-0.2, 0) is 9.53 Å². The number of anilines is 2. The Balaban J connectivity index is 2.13. The van der Waals surface area contributed by atoms with E-state index >= 15 is 0 Å². The van der Waals surface area contributed by atoms with Gasteiger partial charge in [0, 0.05) is 13.1 Å². The van der Waals surface area contributed by atoms with E-state index in [0.717, 1.165) is 24.5 Å². The molecular formula is C15H23N3O2. The number of morpholine rings is 1. The average Bonchev–Trinajstić information content (AvgIpc) is 2.47. The van der Waals surface area contributed by atoms with Crippen LogP contribution in [0, 0.1) is 5.92 Å². The minimum absolute atomic E-state index is 0.116. The lowest BCUT2D eigenvalue weighted by atomic mass is 10.0. The van der Waals surface area contributed by atoms with Gasteiger partial charge in [-0.3, -0.25) is 4.79 Å². The van der Waals surface area contributed by atoms with Gasteiger partial charge < -0.3 is 20.7 Å². The zero-order valence-electron chi connectivity index (χ0n) is 12.1. The summed E-state index contributed by atoms with van der Waals surface area (Å²) in [5.41, 5.74) is 7.73. The van der Waals surface area contributed by atoms with Crippen LogP contribution in [0.25, 0.3) is 0 Å². The molecule has 0 saturated carbocycles. The second-order valence-electron chi connectivity index (χ2n) is 5.38. The summed E-state index contributed by atoms with van der Waals surface area (Å²) in [6.07, 6.45) is 0. The number of ether oxygens (including phenoxy) is 1. The molecule has 0 aromatic heterocycles.